The van der Waals surface area contributed by atoms with E-state index in [0.717, 1.165) is 0 Å². The van der Waals surface area contributed by atoms with Crippen LogP contribution in [-0.2, 0) is 4.74 Å². The molecule has 0 aliphatic carbocycles. The van der Waals surface area contributed by atoms with Gasteiger partial charge in [0, 0.05) is 17.7 Å². The van der Waals surface area contributed by atoms with Crippen molar-refractivity contribution in [2.75, 3.05) is 6.54 Å². The topological polar surface area (TPSA) is 55.4 Å². The lowest BCUT2D eigenvalue weighted by Gasteiger charge is -2.19. The summed E-state index contributed by atoms with van der Waals surface area (Å²) in [6.07, 6.45) is 3.86. The molecule has 0 atom stereocenters. The van der Waals surface area contributed by atoms with Crippen LogP contribution >= 0.6 is 0 Å². The van der Waals surface area contributed by atoms with Gasteiger partial charge in [-0.3, -0.25) is 4.79 Å². The van der Waals surface area contributed by atoms with E-state index in [0.29, 0.717) is 24.8 Å². The fourth-order valence-corrected chi connectivity index (χ4v) is 1.61. The van der Waals surface area contributed by atoms with Crippen LogP contribution in [0.3, 0.4) is 0 Å². The van der Waals surface area contributed by atoms with Gasteiger partial charge in [0.2, 0.25) is 0 Å². The summed E-state index contributed by atoms with van der Waals surface area (Å²) in [5.74, 6) is -0.448. The van der Waals surface area contributed by atoms with Crippen LogP contribution in [0.25, 0.3) is 6.08 Å². The molecule has 0 radical (unpaired) electrons. The van der Waals surface area contributed by atoms with E-state index in [-0.39, 0.29) is 5.56 Å². The molecule has 4 nitrogen and oxygen atoms in total. The first-order valence-electron chi connectivity index (χ1n) is 6.70. The van der Waals surface area contributed by atoms with Crippen LogP contribution in [0.15, 0.2) is 24.3 Å². The Balaban J connectivity index is 2.46. The SMILES string of the molecule is CC(C)(C)OC(=O)NCCC=Cc1c(F)cccc1C=O. The zero-order valence-electron chi connectivity index (χ0n) is 12.5. The molecular formula is C16H20FNO3. The minimum absolute atomic E-state index is 0.254. The predicted octanol–water partition coefficient (Wildman–Crippen LogP) is 3.57. The van der Waals surface area contributed by atoms with Crippen molar-refractivity contribution in [2.24, 2.45) is 0 Å². The van der Waals surface area contributed by atoms with Gasteiger partial charge < -0.3 is 10.1 Å². The average molecular weight is 293 g/mol. The maximum Gasteiger partial charge on any atom is 0.407 e. The number of carbonyl (C=O) groups excluding carboxylic acids is 2. The third-order valence-electron chi connectivity index (χ3n) is 2.48. The summed E-state index contributed by atoms with van der Waals surface area (Å²) in [5, 5.41) is 2.59. The molecule has 1 aromatic carbocycles. The van der Waals surface area contributed by atoms with E-state index in [1.165, 1.54) is 18.2 Å². The first-order chi connectivity index (χ1) is 9.83. The first kappa shape index (κ1) is 16.9. The highest BCUT2D eigenvalue weighted by Gasteiger charge is 2.15. The second-order valence-corrected chi connectivity index (χ2v) is 5.48. The molecule has 0 aromatic heterocycles. The zero-order chi connectivity index (χ0) is 15.9. The number of nitrogens with one attached hydrogen (secondary N) is 1. The molecule has 21 heavy (non-hydrogen) atoms. The van der Waals surface area contributed by atoms with E-state index < -0.39 is 17.5 Å². The molecule has 0 unspecified atom stereocenters. The molecule has 0 saturated carbocycles. The van der Waals surface area contributed by atoms with Crippen LogP contribution in [0.1, 0.15) is 43.1 Å². The van der Waals surface area contributed by atoms with E-state index in [1.54, 1.807) is 32.9 Å². The van der Waals surface area contributed by atoms with Crippen LogP contribution in [-0.4, -0.2) is 24.5 Å². The number of hydrogen-bond acceptors (Lipinski definition) is 3. The first-order valence-corrected chi connectivity index (χ1v) is 6.70. The minimum atomic E-state index is -0.536. The molecule has 114 valence electrons. The summed E-state index contributed by atoms with van der Waals surface area (Å²) in [5.41, 5.74) is 0.0162. The molecule has 5 heteroatoms. The highest BCUT2D eigenvalue weighted by Crippen LogP contribution is 2.14. The number of hydrogen-bond donors (Lipinski definition) is 1. The maximum atomic E-state index is 13.6. The number of ether oxygens (including phenoxy) is 1. The molecule has 1 amide bonds. The van der Waals surface area contributed by atoms with Crippen molar-refractivity contribution in [1.29, 1.82) is 0 Å². The van der Waals surface area contributed by atoms with Gasteiger partial charge in [0.25, 0.3) is 0 Å². The molecule has 0 fully saturated rings. The Labute approximate surface area is 124 Å². The van der Waals surface area contributed by atoms with Gasteiger partial charge >= 0.3 is 6.09 Å². The van der Waals surface area contributed by atoms with Gasteiger partial charge in [0.1, 0.15) is 11.4 Å². The Morgan fingerprint density at radius 1 is 1.38 bits per heavy atom. The summed E-state index contributed by atoms with van der Waals surface area (Å²) >= 11 is 0. The van der Waals surface area contributed by atoms with E-state index in [2.05, 4.69) is 5.32 Å². The van der Waals surface area contributed by atoms with Crippen molar-refractivity contribution >= 4 is 18.5 Å². The number of alkyl carbamates (subject to hydrolysis) is 1. The quantitative estimate of drug-likeness (QED) is 0.667. The molecule has 0 saturated heterocycles. The Morgan fingerprint density at radius 2 is 2.10 bits per heavy atom. The third kappa shape index (κ3) is 6.21. The number of benzene rings is 1. The standard InChI is InChI=1S/C16H20FNO3/c1-16(2,3)21-15(20)18-10-5-4-8-13-12(11-19)7-6-9-14(13)17/h4,6-9,11H,5,10H2,1-3H3,(H,18,20). The van der Waals surface area contributed by atoms with Gasteiger partial charge in [-0.15, -0.1) is 0 Å². The van der Waals surface area contributed by atoms with E-state index in [9.17, 15) is 14.0 Å². The predicted molar refractivity (Wildman–Crippen MR) is 79.7 cm³/mol. The molecule has 1 aromatic rings. The zero-order valence-corrected chi connectivity index (χ0v) is 12.5. The van der Waals surface area contributed by atoms with Gasteiger partial charge in [0.15, 0.2) is 6.29 Å². The summed E-state index contributed by atoms with van der Waals surface area (Å²) in [6, 6.07) is 4.33. The Hall–Kier alpha value is -2.17. The van der Waals surface area contributed by atoms with Crippen LogP contribution in [0.5, 0.6) is 0 Å². The van der Waals surface area contributed by atoms with E-state index in [1.807, 2.05) is 0 Å². The number of amides is 1. The summed E-state index contributed by atoms with van der Waals surface area (Å²) in [7, 11) is 0. The second-order valence-electron chi connectivity index (χ2n) is 5.48. The van der Waals surface area contributed by atoms with Gasteiger partial charge in [-0.05, 0) is 33.3 Å². The molecular weight excluding hydrogens is 273 g/mol. The Morgan fingerprint density at radius 3 is 2.71 bits per heavy atom. The summed E-state index contributed by atoms with van der Waals surface area (Å²) in [6.45, 7) is 5.72. The fraction of sp³-hybridized carbons (Fsp3) is 0.375. The monoisotopic (exact) mass is 293 g/mol. The highest BCUT2D eigenvalue weighted by atomic mass is 19.1. The normalized spacial score (nSPS) is 11.4. The molecule has 1 N–H and O–H groups in total. The molecule has 0 aliphatic rings. The van der Waals surface area contributed by atoms with Gasteiger partial charge in [-0.2, -0.15) is 0 Å². The average Bonchev–Trinajstić information content (AvgIpc) is 2.37. The van der Waals surface area contributed by atoms with Crippen LogP contribution in [0.2, 0.25) is 0 Å². The highest BCUT2D eigenvalue weighted by molar-refractivity contribution is 5.81. The van der Waals surface area contributed by atoms with Crippen molar-refractivity contribution in [1.82, 2.24) is 5.32 Å². The van der Waals surface area contributed by atoms with Gasteiger partial charge in [-0.1, -0.05) is 24.3 Å². The van der Waals surface area contributed by atoms with Gasteiger partial charge in [0.05, 0.1) is 0 Å². The van der Waals surface area contributed by atoms with Crippen molar-refractivity contribution < 1.29 is 18.7 Å². The molecule has 0 spiro atoms. The van der Waals surface area contributed by atoms with Crippen LogP contribution in [0.4, 0.5) is 9.18 Å². The molecule has 1 rings (SSSR count). The number of rotatable bonds is 5. The lowest BCUT2D eigenvalue weighted by atomic mass is 10.1. The Kier molecular flexibility index (Phi) is 6.09. The smallest absolute Gasteiger partial charge is 0.407 e. The third-order valence-corrected chi connectivity index (χ3v) is 2.48. The molecule has 0 heterocycles. The summed E-state index contributed by atoms with van der Waals surface area (Å²) < 4.78 is 18.6. The lowest BCUT2D eigenvalue weighted by Crippen LogP contribution is -2.32. The fourth-order valence-electron chi connectivity index (χ4n) is 1.61. The number of halogens is 1. The minimum Gasteiger partial charge on any atom is -0.444 e. The van der Waals surface area contributed by atoms with Gasteiger partial charge in [-0.25, -0.2) is 9.18 Å². The van der Waals surface area contributed by atoms with E-state index >= 15 is 0 Å². The largest absolute Gasteiger partial charge is 0.444 e. The Bertz CT molecular complexity index is 533. The lowest BCUT2D eigenvalue weighted by molar-refractivity contribution is 0.0528. The van der Waals surface area contributed by atoms with Crippen molar-refractivity contribution in [2.45, 2.75) is 32.8 Å². The molecule has 0 bridgehead atoms. The second kappa shape index (κ2) is 7.57. The van der Waals surface area contributed by atoms with Crippen molar-refractivity contribution in [3.05, 3.63) is 41.2 Å². The van der Waals surface area contributed by atoms with Crippen LogP contribution < -0.4 is 5.32 Å². The van der Waals surface area contributed by atoms with E-state index in [4.69, 9.17) is 4.74 Å². The molecule has 0 aliphatic heterocycles. The number of aldehydes is 1. The summed E-state index contributed by atoms with van der Waals surface area (Å²) in [4.78, 5) is 22.2. The van der Waals surface area contributed by atoms with Crippen molar-refractivity contribution in [3.63, 3.8) is 0 Å². The number of carbonyl (C=O) groups is 2. The maximum absolute atomic E-state index is 13.6. The van der Waals surface area contributed by atoms with Crippen LogP contribution in [0, 0.1) is 5.82 Å². The van der Waals surface area contributed by atoms with Crippen molar-refractivity contribution in [3.8, 4) is 0 Å².